The van der Waals surface area contributed by atoms with Crippen LogP contribution in [0.15, 0.2) is 18.2 Å². The average Bonchev–Trinajstić information content (AvgIpc) is 2.74. The molecule has 23 heavy (non-hydrogen) atoms. The van der Waals surface area contributed by atoms with Crippen LogP contribution in [0.4, 0.5) is 0 Å². The molecule has 1 aromatic carbocycles. The van der Waals surface area contributed by atoms with E-state index in [1.165, 1.54) is 0 Å². The molecule has 1 heterocycles. The summed E-state index contributed by atoms with van der Waals surface area (Å²) in [4.78, 5) is 11.9. The van der Waals surface area contributed by atoms with Gasteiger partial charge in [-0.25, -0.2) is 0 Å². The molecular weight excluding hydrogens is 349 g/mol. The lowest BCUT2D eigenvalue weighted by molar-refractivity contribution is -0.245. The molecule has 1 amide bonds. The quantitative estimate of drug-likeness (QED) is 0.477. The number of halogens is 2. The van der Waals surface area contributed by atoms with E-state index in [-0.39, 0.29) is 18.9 Å². The maximum atomic E-state index is 11.9. The van der Waals surface area contributed by atoms with Crippen molar-refractivity contribution in [2.24, 2.45) is 0 Å². The Morgan fingerprint density at radius 2 is 2.00 bits per heavy atom. The number of rotatable bonds is 5. The molecule has 1 aliphatic heterocycles. The van der Waals surface area contributed by atoms with Crippen molar-refractivity contribution in [2.45, 2.75) is 30.5 Å². The molecule has 0 bridgehead atoms. The highest BCUT2D eigenvalue weighted by atomic mass is 35.5. The highest BCUT2D eigenvalue weighted by molar-refractivity contribution is 6.42. The van der Waals surface area contributed by atoms with Crippen LogP contribution in [0.25, 0.3) is 0 Å². The van der Waals surface area contributed by atoms with Gasteiger partial charge in [0.05, 0.1) is 23.1 Å². The highest BCUT2D eigenvalue weighted by Gasteiger charge is 2.52. The minimum atomic E-state index is -2.24. The zero-order valence-electron chi connectivity index (χ0n) is 11.9. The van der Waals surface area contributed by atoms with Crippen LogP contribution >= 0.6 is 23.2 Å². The summed E-state index contributed by atoms with van der Waals surface area (Å²) in [6, 6.07) is 4.80. The van der Waals surface area contributed by atoms with Gasteiger partial charge in [-0.15, -0.1) is 0 Å². The van der Waals surface area contributed by atoms with Crippen LogP contribution < -0.4 is 5.32 Å². The maximum Gasteiger partial charge on any atom is 0.224 e. The zero-order valence-corrected chi connectivity index (χ0v) is 13.5. The molecule has 9 heteroatoms. The molecule has 0 saturated carbocycles. The Kier molecular flexibility index (Phi) is 5.85. The van der Waals surface area contributed by atoms with Crippen molar-refractivity contribution in [3.63, 3.8) is 0 Å². The zero-order chi connectivity index (χ0) is 17.2. The van der Waals surface area contributed by atoms with E-state index in [2.05, 4.69) is 5.32 Å². The monoisotopic (exact) mass is 365 g/mol. The third-order valence-electron chi connectivity index (χ3n) is 3.60. The van der Waals surface area contributed by atoms with E-state index in [4.69, 9.17) is 33.0 Å². The Balaban J connectivity index is 1.88. The molecule has 5 N–H and O–H groups in total. The molecule has 0 radical (unpaired) electrons. The first-order valence-electron chi connectivity index (χ1n) is 6.84. The number of carbonyl (C=O) groups is 1. The van der Waals surface area contributed by atoms with E-state index in [0.717, 1.165) is 0 Å². The van der Waals surface area contributed by atoms with Crippen LogP contribution in [-0.2, 0) is 16.0 Å². The van der Waals surface area contributed by atoms with Crippen LogP contribution in [0.3, 0.4) is 0 Å². The summed E-state index contributed by atoms with van der Waals surface area (Å²) >= 11 is 11.7. The third-order valence-corrected chi connectivity index (χ3v) is 4.34. The minimum absolute atomic E-state index is 0.0343. The predicted octanol–water partition coefficient (Wildman–Crippen LogP) is -0.546. The number of ether oxygens (including phenoxy) is 1. The smallest absolute Gasteiger partial charge is 0.224 e. The average molecular weight is 366 g/mol. The van der Waals surface area contributed by atoms with Gasteiger partial charge in [0.25, 0.3) is 0 Å². The van der Waals surface area contributed by atoms with Gasteiger partial charge in [0.15, 0.2) is 0 Å². The first-order valence-corrected chi connectivity index (χ1v) is 7.60. The number of hydrogen-bond acceptors (Lipinski definition) is 6. The van der Waals surface area contributed by atoms with Gasteiger partial charge in [0, 0.05) is 6.54 Å². The Hall–Kier alpha value is -0.930. The van der Waals surface area contributed by atoms with Crippen molar-refractivity contribution in [2.75, 3.05) is 13.2 Å². The second kappa shape index (κ2) is 7.31. The highest BCUT2D eigenvalue weighted by Crippen LogP contribution is 2.28. The van der Waals surface area contributed by atoms with Gasteiger partial charge in [-0.05, 0) is 17.7 Å². The number of benzene rings is 1. The standard InChI is InChI=1S/C14H17Cl2NO6/c15-8-2-1-7(3-9(8)16)4-11(19)17-5-10-12(20)13(21)14(22,6-18)23-10/h1-3,10,12-13,18,20-22H,4-6H2,(H,17,19)/t10-,12+,13-,14+/m0/s1. The van der Waals surface area contributed by atoms with Gasteiger partial charge >= 0.3 is 0 Å². The number of hydrogen-bond donors (Lipinski definition) is 5. The summed E-state index contributed by atoms with van der Waals surface area (Å²) in [6.07, 6.45) is -4.10. The summed E-state index contributed by atoms with van der Waals surface area (Å²) < 4.78 is 5.01. The molecule has 1 fully saturated rings. The molecule has 0 spiro atoms. The van der Waals surface area contributed by atoms with Crippen molar-refractivity contribution in [1.29, 1.82) is 0 Å². The molecule has 0 aromatic heterocycles. The fraction of sp³-hybridized carbons (Fsp3) is 0.500. The molecule has 2 rings (SSSR count). The van der Waals surface area contributed by atoms with Crippen molar-refractivity contribution in [3.05, 3.63) is 33.8 Å². The van der Waals surface area contributed by atoms with Crippen molar-refractivity contribution < 1.29 is 30.0 Å². The van der Waals surface area contributed by atoms with E-state index in [9.17, 15) is 20.1 Å². The van der Waals surface area contributed by atoms with Gasteiger partial charge in [-0.1, -0.05) is 29.3 Å². The van der Waals surface area contributed by atoms with E-state index in [1.807, 2.05) is 0 Å². The van der Waals surface area contributed by atoms with Crippen molar-refractivity contribution in [1.82, 2.24) is 5.32 Å². The van der Waals surface area contributed by atoms with Crippen LogP contribution in [-0.4, -0.2) is 63.6 Å². The summed E-state index contributed by atoms with van der Waals surface area (Å²) in [5.74, 6) is -2.61. The number of nitrogens with one attached hydrogen (secondary N) is 1. The number of carbonyl (C=O) groups excluding carboxylic acids is 1. The van der Waals surface area contributed by atoms with Crippen LogP contribution in [0.5, 0.6) is 0 Å². The van der Waals surface area contributed by atoms with Crippen LogP contribution in [0.1, 0.15) is 5.56 Å². The van der Waals surface area contributed by atoms with E-state index < -0.39 is 30.7 Å². The molecular formula is C14H17Cl2NO6. The van der Waals surface area contributed by atoms with E-state index >= 15 is 0 Å². The van der Waals surface area contributed by atoms with Gasteiger partial charge in [0.1, 0.15) is 18.3 Å². The normalized spacial score (nSPS) is 30.4. The predicted molar refractivity (Wildman–Crippen MR) is 82.1 cm³/mol. The van der Waals surface area contributed by atoms with E-state index in [0.29, 0.717) is 15.6 Å². The minimum Gasteiger partial charge on any atom is -0.391 e. The van der Waals surface area contributed by atoms with Crippen LogP contribution in [0, 0.1) is 0 Å². The Bertz CT molecular complexity index is 586. The SMILES string of the molecule is O=C(Cc1ccc(Cl)c(Cl)c1)NC[C@@H]1O[C@](O)(CO)[C@@H](O)[C@@H]1O. The molecule has 0 aliphatic carbocycles. The topological polar surface area (TPSA) is 119 Å². The summed E-state index contributed by atoms with van der Waals surface area (Å²) in [5.41, 5.74) is 0.650. The number of amides is 1. The lowest BCUT2D eigenvalue weighted by atomic mass is 10.1. The molecule has 0 unspecified atom stereocenters. The van der Waals surface area contributed by atoms with E-state index in [1.54, 1.807) is 18.2 Å². The lowest BCUT2D eigenvalue weighted by Crippen LogP contribution is -2.46. The first-order chi connectivity index (χ1) is 10.8. The first kappa shape index (κ1) is 18.4. The molecule has 128 valence electrons. The van der Waals surface area contributed by atoms with Gasteiger partial charge < -0.3 is 30.5 Å². The van der Waals surface area contributed by atoms with Crippen molar-refractivity contribution in [3.8, 4) is 0 Å². The fourth-order valence-corrected chi connectivity index (χ4v) is 2.60. The summed E-state index contributed by atoms with van der Waals surface area (Å²) in [7, 11) is 0. The van der Waals surface area contributed by atoms with Gasteiger partial charge in [-0.2, -0.15) is 0 Å². The van der Waals surface area contributed by atoms with Crippen molar-refractivity contribution >= 4 is 29.1 Å². The molecule has 1 aliphatic rings. The van der Waals surface area contributed by atoms with Crippen LogP contribution in [0.2, 0.25) is 10.0 Å². The Morgan fingerprint density at radius 1 is 1.30 bits per heavy atom. The fourth-order valence-electron chi connectivity index (χ4n) is 2.28. The third kappa shape index (κ3) is 4.13. The Morgan fingerprint density at radius 3 is 2.57 bits per heavy atom. The largest absolute Gasteiger partial charge is 0.391 e. The van der Waals surface area contributed by atoms with Gasteiger partial charge in [0.2, 0.25) is 11.7 Å². The number of aliphatic hydroxyl groups is 4. The molecule has 1 saturated heterocycles. The Labute approximate surface area is 142 Å². The molecule has 1 aromatic rings. The lowest BCUT2D eigenvalue weighted by Gasteiger charge is -2.22. The second-order valence-corrected chi connectivity index (χ2v) is 6.14. The number of aliphatic hydroxyl groups excluding tert-OH is 3. The van der Waals surface area contributed by atoms with Gasteiger partial charge in [-0.3, -0.25) is 4.79 Å². The molecule has 7 nitrogen and oxygen atoms in total. The second-order valence-electron chi connectivity index (χ2n) is 5.32. The molecule has 4 atom stereocenters. The summed E-state index contributed by atoms with van der Waals surface area (Å²) in [5, 5.41) is 41.4. The maximum absolute atomic E-state index is 11.9. The summed E-state index contributed by atoms with van der Waals surface area (Å²) in [6.45, 7) is -1.01.